The van der Waals surface area contributed by atoms with E-state index in [4.69, 9.17) is 16.3 Å². The molecule has 0 fully saturated rings. The predicted molar refractivity (Wildman–Crippen MR) is 64.5 cm³/mol. The molecule has 1 aromatic heterocycles. The fraction of sp³-hybridized carbons (Fsp3) is 0.556. The van der Waals surface area contributed by atoms with Crippen LogP contribution in [0.4, 0.5) is 5.82 Å². The lowest BCUT2D eigenvalue weighted by Crippen LogP contribution is -2.28. The van der Waals surface area contributed by atoms with E-state index in [9.17, 15) is 0 Å². The van der Waals surface area contributed by atoms with Crippen molar-refractivity contribution >= 4 is 33.3 Å². The minimum absolute atomic E-state index is 0.427. The lowest BCUT2D eigenvalue weighted by atomic mass is 10.4. The number of rotatable bonds is 5. The molecule has 1 rings (SSSR count). The monoisotopic (exact) mass is 293 g/mol. The van der Waals surface area contributed by atoms with Crippen molar-refractivity contribution in [2.24, 2.45) is 0 Å². The van der Waals surface area contributed by atoms with Gasteiger partial charge >= 0.3 is 0 Å². The largest absolute Gasteiger partial charge is 0.383 e. The van der Waals surface area contributed by atoms with E-state index >= 15 is 0 Å². The van der Waals surface area contributed by atoms with Gasteiger partial charge in [0.1, 0.15) is 17.3 Å². The summed E-state index contributed by atoms with van der Waals surface area (Å²) in [5, 5.41) is 0.427. The average molecular weight is 295 g/mol. The van der Waals surface area contributed by atoms with Gasteiger partial charge in [0.05, 0.1) is 11.1 Å². The molecule has 15 heavy (non-hydrogen) atoms. The van der Waals surface area contributed by atoms with Crippen LogP contribution in [-0.2, 0) is 4.74 Å². The lowest BCUT2D eigenvalue weighted by molar-refractivity contribution is 0.205. The van der Waals surface area contributed by atoms with Gasteiger partial charge in [0.2, 0.25) is 0 Å². The Bertz CT molecular complexity index is 324. The summed E-state index contributed by atoms with van der Waals surface area (Å²) < 4.78 is 5.76. The second kappa shape index (κ2) is 6.25. The number of hydrogen-bond acceptors (Lipinski definition) is 4. The van der Waals surface area contributed by atoms with E-state index in [2.05, 4.69) is 37.7 Å². The van der Waals surface area contributed by atoms with Gasteiger partial charge in [-0.2, -0.15) is 0 Å². The summed E-state index contributed by atoms with van der Waals surface area (Å²) in [7, 11) is 1.68. The van der Waals surface area contributed by atoms with Gasteiger partial charge in [0, 0.05) is 20.2 Å². The maximum Gasteiger partial charge on any atom is 0.148 e. The maximum absolute atomic E-state index is 5.89. The van der Waals surface area contributed by atoms with Crippen molar-refractivity contribution in [3.8, 4) is 0 Å². The summed E-state index contributed by atoms with van der Waals surface area (Å²) in [6, 6.07) is 0. The number of halogens is 2. The third kappa shape index (κ3) is 3.29. The first-order valence-corrected chi connectivity index (χ1v) is 5.77. The van der Waals surface area contributed by atoms with Crippen LogP contribution in [0.5, 0.6) is 0 Å². The highest BCUT2D eigenvalue weighted by Crippen LogP contribution is 2.28. The van der Waals surface area contributed by atoms with Crippen molar-refractivity contribution in [3.05, 3.63) is 16.0 Å². The van der Waals surface area contributed by atoms with Gasteiger partial charge in [-0.15, -0.1) is 0 Å². The van der Waals surface area contributed by atoms with Gasteiger partial charge in [-0.1, -0.05) is 11.6 Å². The quantitative estimate of drug-likeness (QED) is 0.782. The molecule has 0 saturated carbocycles. The number of hydrogen-bond donors (Lipinski definition) is 0. The fourth-order valence-electron chi connectivity index (χ4n) is 1.18. The molecule has 0 aliphatic carbocycles. The van der Waals surface area contributed by atoms with Crippen molar-refractivity contribution < 1.29 is 4.74 Å². The standard InChI is InChI=1S/C9H13BrClN3O/c1-3-14(4-5-15-2)9-7(10)8(11)12-6-13-9/h6H,3-5H2,1-2H3. The molecule has 0 unspecified atom stereocenters. The molecule has 0 atom stereocenters. The maximum atomic E-state index is 5.89. The van der Waals surface area contributed by atoms with Gasteiger partial charge in [0.15, 0.2) is 0 Å². The molecule has 0 saturated heterocycles. The van der Waals surface area contributed by atoms with E-state index in [0.717, 1.165) is 23.4 Å². The Labute approximate surface area is 103 Å². The Morgan fingerprint density at radius 3 is 2.87 bits per heavy atom. The molecular formula is C9H13BrClN3O. The number of likely N-dealkylation sites (N-methyl/N-ethyl adjacent to an activating group) is 1. The lowest BCUT2D eigenvalue weighted by Gasteiger charge is -2.22. The van der Waals surface area contributed by atoms with Crippen molar-refractivity contribution in [3.63, 3.8) is 0 Å². The van der Waals surface area contributed by atoms with Crippen LogP contribution in [0.1, 0.15) is 6.92 Å². The number of aromatic nitrogens is 2. The molecule has 0 N–H and O–H groups in total. The van der Waals surface area contributed by atoms with E-state index in [-0.39, 0.29) is 0 Å². The van der Waals surface area contributed by atoms with Gasteiger partial charge in [-0.25, -0.2) is 9.97 Å². The molecule has 84 valence electrons. The van der Waals surface area contributed by atoms with E-state index in [1.165, 1.54) is 6.33 Å². The van der Waals surface area contributed by atoms with Crippen LogP contribution >= 0.6 is 27.5 Å². The molecule has 6 heteroatoms. The van der Waals surface area contributed by atoms with Crippen LogP contribution in [0.25, 0.3) is 0 Å². The zero-order chi connectivity index (χ0) is 11.3. The first-order valence-electron chi connectivity index (χ1n) is 4.60. The molecule has 0 spiro atoms. The number of nitrogens with zero attached hydrogens (tertiary/aromatic N) is 3. The first-order chi connectivity index (χ1) is 7.20. The summed E-state index contributed by atoms with van der Waals surface area (Å²) in [5.41, 5.74) is 0. The molecule has 0 bridgehead atoms. The Kier molecular flexibility index (Phi) is 5.28. The van der Waals surface area contributed by atoms with Crippen molar-refractivity contribution in [2.45, 2.75) is 6.92 Å². The van der Waals surface area contributed by atoms with Crippen molar-refractivity contribution in [2.75, 3.05) is 31.7 Å². The number of methoxy groups -OCH3 is 1. The van der Waals surface area contributed by atoms with Crippen LogP contribution < -0.4 is 4.90 Å². The fourth-order valence-corrected chi connectivity index (χ4v) is 1.76. The van der Waals surface area contributed by atoms with E-state index in [1.807, 2.05) is 0 Å². The Morgan fingerprint density at radius 2 is 2.27 bits per heavy atom. The number of ether oxygens (including phenoxy) is 1. The van der Waals surface area contributed by atoms with Crippen LogP contribution in [0.3, 0.4) is 0 Å². The van der Waals surface area contributed by atoms with Crippen LogP contribution in [0.2, 0.25) is 5.15 Å². The minimum Gasteiger partial charge on any atom is -0.383 e. The molecular weight excluding hydrogens is 281 g/mol. The van der Waals surface area contributed by atoms with Crippen LogP contribution in [0.15, 0.2) is 10.8 Å². The summed E-state index contributed by atoms with van der Waals surface area (Å²) >= 11 is 9.27. The molecule has 0 amide bonds. The predicted octanol–water partition coefficient (Wildman–Crippen LogP) is 2.37. The highest BCUT2D eigenvalue weighted by Gasteiger charge is 2.12. The second-order valence-corrected chi connectivity index (χ2v) is 4.03. The topological polar surface area (TPSA) is 38.2 Å². The molecule has 0 radical (unpaired) electrons. The van der Waals surface area contributed by atoms with Crippen LogP contribution in [0, 0.1) is 0 Å². The van der Waals surface area contributed by atoms with E-state index < -0.39 is 0 Å². The smallest absolute Gasteiger partial charge is 0.148 e. The van der Waals surface area contributed by atoms with Crippen molar-refractivity contribution in [1.82, 2.24) is 9.97 Å². The third-order valence-electron chi connectivity index (χ3n) is 1.98. The Morgan fingerprint density at radius 1 is 1.53 bits per heavy atom. The zero-order valence-electron chi connectivity index (χ0n) is 8.70. The molecule has 4 nitrogen and oxygen atoms in total. The number of anilines is 1. The highest BCUT2D eigenvalue weighted by molar-refractivity contribution is 9.10. The SMILES string of the molecule is CCN(CCOC)c1ncnc(Cl)c1Br. The molecule has 0 aliphatic rings. The summed E-state index contributed by atoms with van der Waals surface area (Å²) in [6.45, 7) is 4.33. The van der Waals surface area contributed by atoms with Gasteiger partial charge in [-0.05, 0) is 22.9 Å². The second-order valence-electron chi connectivity index (χ2n) is 2.87. The molecule has 0 aliphatic heterocycles. The first kappa shape index (κ1) is 12.7. The summed E-state index contributed by atoms with van der Waals surface area (Å²) in [6.07, 6.45) is 1.46. The average Bonchev–Trinajstić information content (AvgIpc) is 2.25. The van der Waals surface area contributed by atoms with Crippen LogP contribution in [-0.4, -0.2) is 36.8 Å². The normalized spacial score (nSPS) is 10.4. The zero-order valence-corrected chi connectivity index (χ0v) is 11.0. The van der Waals surface area contributed by atoms with Crippen molar-refractivity contribution in [1.29, 1.82) is 0 Å². The molecule has 1 aromatic rings. The highest BCUT2D eigenvalue weighted by atomic mass is 79.9. The molecule has 0 aromatic carbocycles. The summed E-state index contributed by atoms with van der Waals surface area (Å²) in [4.78, 5) is 10.1. The van der Waals surface area contributed by atoms with Gasteiger partial charge < -0.3 is 9.64 Å². The Balaban J connectivity index is 2.86. The summed E-state index contributed by atoms with van der Waals surface area (Å²) in [5.74, 6) is 0.801. The van der Waals surface area contributed by atoms with Gasteiger partial charge in [0.25, 0.3) is 0 Å². The van der Waals surface area contributed by atoms with E-state index in [1.54, 1.807) is 7.11 Å². The molecule has 1 heterocycles. The minimum atomic E-state index is 0.427. The van der Waals surface area contributed by atoms with E-state index in [0.29, 0.717) is 11.8 Å². The Hall–Kier alpha value is -0.390. The van der Waals surface area contributed by atoms with Gasteiger partial charge in [-0.3, -0.25) is 0 Å². The third-order valence-corrected chi connectivity index (χ3v) is 3.22.